The first-order valence-electron chi connectivity index (χ1n) is 15.5. The van der Waals surface area contributed by atoms with Crippen LogP contribution in [0.15, 0.2) is 54.6 Å². The van der Waals surface area contributed by atoms with Gasteiger partial charge in [0.15, 0.2) is 0 Å². The molecule has 44 heavy (non-hydrogen) atoms. The average Bonchev–Trinajstić information content (AvgIpc) is 3.46. The fraction of sp³-hybridized carbons (Fsp3) is 0.486. The minimum atomic E-state index is -0.811. The van der Waals surface area contributed by atoms with Crippen molar-refractivity contribution >= 4 is 28.7 Å². The Bertz CT molecular complexity index is 1500. The zero-order valence-electron chi connectivity index (χ0n) is 26.4. The van der Waals surface area contributed by atoms with Crippen LogP contribution < -0.4 is 9.47 Å². The van der Waals surface area contributed by atoms with E-state index in [1.54, 1.807) is 12.0 Å². The molecule has 2 aromatic carbocycles. The fourth-order valence-electron chi connectivity index (χ4n) is 6.23. The number of hydrogen-bond donors (Lipinski definition) is 0. The number of amides is 2. The van der Waals surface area contributed by atoms with Crippen LogP contribution in [0.2, 0.25) is 0 Å². The molecule has 0 spiro atoms. The maximum absolute atomic E-state index is 14.2. The first kappa shape index (κ1) is 31.3. The lowest BCUT2D eigenvalue weighted by atomic mass is 9.77. The van der Waals surface area contributed by atoms with Crippen LogP contribution in [-0.2, 0) is 19.1 Å². The number of nitrogens with zero attached hydrogens (tertiary/aromatic N) is 3. The Balaban J connectivity index is 1.44. The van der Waals surface area contributed by atoms with Crippen LogP contribution in [-0.4, -0.2) is 78.6 Å². The molecule has 3 aromatic rings. The van der Waals surface area contributed by atoms with Gasteiger partial charge in [-0.2, -0.15) is 0 Å². The number of piperidine rings is 1. The van der Waals surface area contributed by atoms with E-state index in [0.717, 1.165) is 49.0 Å². The second-order valence-corrected chi connectivity index (χ2v) is 12.8. The minimum absolute atomic E-state index is 0.00767. The van der Waals surface area contributed by atoms with Crippen molar-refractivity contribution < 1.29 is 28.6 Å². The standard InChI is InChI=1S/C35H43N3O6/c1-35(2,3)27(20-32(39)37-16-10-7-11-17-37)33(40)38-22-25(19-30(38)34(41)43-5)44-31-21-28(23-12-8-6-9-13-23)36-29-18-24(42-4)14-15-26(29)31/h6,8-9,12-15,18,21,25,27,30H,7,10-11,16-17,19-20,22H2,1-5H3/t25-,27-,30+/m1/s1. The number of carbonyl (C=O) groups excluding carboxylic acids is 3. The van der Waals surface area contributed by atoms with Crippen molar-refractivity contribution in [2.24, 2.45) is 11.3 Å². The Hall–Kier alpha value is -4.14. The van der Waals surface area contributed by atoms with Crippen LogP contribution in [0.1, 0.15) is 52.9 Å². The predicted molar refractivity (Wildman–Crippen MR) is 168 cm³/mol. The van der Waals surface area contributed by atoms with E-state index >= 15 is 0 Å². The highest BCUT2D eigenvalue weighted by molar-refractivity contribution is 5.91. The van der Waals surface area contributed by atoms with Crippen molar-refractivity contribution in [2.75, 3.05) is 33.9 Å². The number of likely N-dealkylation sites (tertiary alicyclic amines) is 2. The topological polar surface area (TPSA) is 98.3 Å². The number of rotatable bonds is 8. The van der Waals surface area contributed by atoms with Gasteiger partial charge in [-0.3, -0.25) is 9.59 Å². The van der Waals surface area contributed by atoms with Crippen LogP contribution in [0.25, 0.3) is 22.2 Å². The van der Waals surface area contributed by atoms with Crippen molar-refractivity contribution in [3.63, 3.8) is 0 Å². The van der Waals surface area contributed by atoms with Gasteiger partial charge in [-0.15, -0.1) is 0 Å². The number of esters is 1. The second-order valence-electron chi connectivity index (χ2n) is 12.8. The second kappa shape index (κ2) is 13.2. The highest BCUT2D eigenvalue weighted by atomic mass is 16.5. The lowest BCUT2D eigenvalue weighted by molar-refractivity contribution is -0.155. The van der Waals surface area contributed by atoms with Gasteiger partial charge in [-0.05, 0) is 36.8 Å². The smallest absolute Gasteiger partial charge is 0.328 e. The zero-order chi connectivity index (χ0) is 31.4. The molecule has 3 heterocycles. The van der Waals surface area contributed by atoms with E-state index in [-0.39, 0.29) is 31.2 Å². The predicted octanol–water partition coefficient (Wildman–Crippen LogP) is 5.50. The lowest BCUT2D eigenvalue weighted by Crippen LogP contribution is -2.49. The Kier molecular flexibility index (Phi) is 9.42. The maximum atomic E-state index is 14.2. The summed E-state index contributed by atoms with van der Waals surface area (Å²) in [6, 6.07) is 16.5. The van der Waals surface area contributed by atoms with Gasteiger partial charge in [0.2, 0.25) is 11.8 Å². The van der Waals surface area contributed by atoms with Gasteiger partial charge in [0.1, 0.15) is 23.6 Å². The summed E-state index contributed by atoms with van der Waals surface area (Å²) in [5.41, 5.74) is 1.89. The number of aromatic nitrogens is 1. The summed E-state index contributed by atoms with van der Waals surface area (Å²) in [4.78, 5) is 48.9. The molecular weight excluding hydrogens is 558 g/mol. The molecule has 2 aliphatic heterocycles. The number of fused-ring (bicyclic) bond motifs is 1. The van der Waals surface area contributed by atoms with Crippen molar-refractivity contribution in [3.8, 4) is 22.8 Å². The summed E-state index contributed by atoms with van der Waals surface area (Å²) in [6.07, 6.45) is 2.99. The quantitative estimate of drug-likeness (QED) is 0.315. The zero-order valence-corrected chi connectivity index (χ0v) is 26.4. The van der Waals surface area contributed by atoms with E-state index in [9.17, 15) is 14.4 Å². The fourth-order valence-corrected chi connectivity index (χ4v) is 6.23. The van der Waals surface area contributed by atoms with Crippen LogP contribution in [0.3, 0.4) is 0 Å². The SMILES string of the molecule is COC(=O)[C@@H]1C[C@@H](Oc2cc(-c3ccccc3)nc3cc(OC)ccc23)CN1C(=O)[C@@H](CC(=O)N1CCCCC1)C(C)(C)C. The Morgan fingerprint density at radius 1 is 0.977 bits per heavy atom. The minimum Gasteiger partial charge on any atom is -0.497 e. The molecule has 0 radical (unpaired) electrons. The first-order chi connectivity index (χ1) is 21.1. The monoisotopic (exact) mass is 601 g/mol. The van der Waals surface area contributed by atoms with E-state index in [1.807, 2.05) is 80.3 Å². The molecule has 0 saturated carbocycles. The number of ether oxygens (including phenoxy) is 3. The molecule has 1 aromatic heterocycles. The van der Waals surface area contributed by atoms with Crippen molar-refractivity contribution in [1.82, 2.24) is 14.8 Å². The third kappa shape index (κ3) is 6.82. The Morgan fingerprint density at radius 2 is 1.70 bits per heavy atom. The van der Waals surface area contributed by atoms with E-state index in [0.29, 0.717) is 17.0 Å². The van der Waals surface area contributed by atoms with Crippen LogP contribution in [0, 0.1) is 11.3 Å². The van der Waals surface area contributed by atoms with Crippen LogP contribution in [0.5, 0.6) is 11.5 Å². The average molecular weight is 602 g/mol. The molecule has 9 heteroatoms. The van der Waals surface area contributed by atoms with Gasteiger partial charge >= 0.3 is 5.97 Å². The summed E-state index contributed by atoms with van der Waals surface area (Å²) < 4.78 is 17.2. The molecule has 234 valence electrons. The number of carbonyl (C=O) groups is 3. The van der Waals surface area contributed by atoms with E-state index in [2.05, 4.69) is 0 Å². The number of methoxy groups -OCH3 is 2. The van der Waals surface area contributed by atoms with E-state index < -0.39 is 29.4 Å². The molecule has 3 atom stereocenters. The van der Waals surface area contributed by atoms with Crippen LogP contribution >= 0.6 is 0 Å². The first-order valence-corrected chi connectivity index (χ1v) is 15.5. The van der Waals surface area contributed by atoms with Gasteiger partial charge in [0, 0.05) is 49.0 Å². The van der Waals surface area contributed by atoms with Gasteiger partial charge < -0.3 is 24.0 Å². The third-order valence-electron chi connectivity index (χ3n) is 8.79. The molecule has 0 aliphatic carbocycles. The Labute approximate surface area is 259 Å². The normalized spacial score (nSPS) is 19.5. The molecule has 5 rings (SSSR count). The number of pyridine rings is 1. The summed E-state index contributed by atoms with van der Waals surface area (Å²) >= 11 is 0. The Morgan fingerprint density at radius 3 is 2.36 bits per heavy atom. The molecule has 0 bridgehead atoms. The van der Waals surface area contributed by atoms with Crippen molar-refractivity contribution in [2.45, 2.75) is 65.0 Å². The lowest BCUT2D eigenvalue weighted by Gasteiger charge is -2.36. The number of benzene rings is 2. The van der Waals surface area contributed by atoms with Crippen LogP contribution in [0.4, 0.5) is 0 Å². The summed E-state index contributed by atoms with van der Waals surface area (Å²) in [5, 5.41) is 0.796. The summed E-state index contributed by atoms with van der Waals surface area (Å²) in [5.74, 6) is -0.0372. The highest BCUT2D eigenvalue weighted by Gasteiger charge is 2.46. The van der Waals surface area contributed by atoms with Crippen molar-refractivity contribution in [1.29, 1.82) is 0 Å². The molecule has 2 saturated heterocycles. The summed E-state index contributed by atoms with van der Waals surface area (Å²) in [6.45, 7) is 7.57. The third-order valence-corrected chi connectivity index (χ3v) is 8.79. The van der Waals surface area contributed by atoms with E-state index in [4.69, 9.17) is 19.2 Å². The molecule has 2 amide bonds. The molecule has 2 aliphatic rings. The highest BCUT2D eigenvalue weighted by Crippen LogP contribution is 2.37. The van der Waals surface area contributed by atoms with E-state index in [1.165, 1.54) is 7.11 Å². The maximum Gasteiger partial charge on any atom is 0.328 e. The number of hydrogen-bond acceptors (Lipinski definition) is 7. The molecule has 0 N–H and O–H groups in total. The molecule has 2 fully saturated rings. The van der Waals surface area contributed by atoms with Gasteiger partial charge in [-0.25, -0.2) is 9.78 Å². The van der Waals surface area contributed by atoms with Gasteiger partial charge in [-0.1, -0.05) is 51.1 Å². The van der Waals surface area contributed by atoms with Gasteiger partial charge in [0.25, 0.3) is 0 Å². The molecular formula is C35H43N3O6. The van der Waals surface area contributed by atoms with Gasteiger partial charge in [0.05, 0.1) is 37.9 Å². The molecule has 0 unspecified atom stereocenters. The molecule has 9 nitrogen and oxygen atoms in total. The van der Waals surface area contributed by atoms with Crippen molar-refractivity contribution in [3.05, 3.63) is 54.6 Å². The largest absolute Gasteiger partial charge is 0.497 e. The summed E-state index contributed by atoms with van der Waals surface area (Å²) in [7, 11) is 2.94.